The molecule has 2 atom stereocenters. The second-order valence-electron chi connectivity index (χ2n) is 6.14. The molecule has 7 nitrogen and oxygen atoms in total. The summed E-state index contributed by atoms with van der Waals surface area (Å²) < 4.78 is 12.4. The van der Waals surface area contributed by atoms with E-state index in [1.165, 1.54) is 18.7 Å². The number of pyridine rings is 1. The third-order valence-electron chi connectivity index (χ3n) is 3.89. The van der Waals surface area contributed by atoms with Gasteiger partial charge in [0.25, 0.3) is 5.91 Å². The highest BCUT2D eigenvalue weighted by Crippen LogP contribution is 2.33. The molecule has 1 aliphatic heterocycles. The van der Waals surface area contributed by atoms with E-state index in [-0.39, 0.29) is 18.5 Å². The fraction of sp³-hybridized carbons (Fsp3) is 0.263. The van der Waals surface area contributed by atoms with Crippen molar-refractivity contribution in [1.29, 1.82) is 0 Å². The lowest BCUT2D eigenvalue weighted by molar-refractivity contribution is -0.143. The van der Waals surface area contributed by atoms with E-state index in [9.17, 15) is 9.59 Å². The number of hydrogen-bond acceptors (Lipinski definition) is 9. The zero-order valence-electron chi connectivity index (χ0n) is 15.4. The molecule has 0 aliphatic carbocycles. The lowest BCUT2D eigenvalue weighted by Gasteiger charge is -2.10. The Morgan fingerprint density at radius 3 is 3.07 bits per heavy atom. The first-order valence-corrected chi connectivity index (χ1v) is 11.5. The number of amides is 1. The summed E-state index contributed by atoms with van der Waals surface area (Å²) >= 11 is 4.43. The van der Waals surface area contributed by atoms with Crippen LogP contribution in [0.5, 0.6) is 0 Å². The predicted octanol–water partition coefficient (Wildman–Crippen LogP) is 3.90. The van der Waals surface area contributed by atoms with Gasteiger partial charge in [0.2, 0.25) is 0 Å². The molecule has 10 heteroatoms. The lowest BCUT2D eigenvalue weighted by Crippen LogP contribution is -2.24. The van der Waals surface area contributed by atoms with Crippen molar-refractivity contribution in [3.8, 4) is 0 Å². The van der Waals surface area contributed by atoms with Crippen molar-refractivity contribution >= 4 is 62.6 Å². The molecule has 3 heterocycles. The summed E-state index contributed by atoms with van der Waals surface area (Å²) in [5.74, 6) is 0.136. The number of rotatable bonds is 6. The number of benzene rings is 1. The Hall–Kier alpha value is -2.14. The normalized spacial score (nSPS) is 18.7. The number of carbonyl (C=O) groups is 2. The lowest BCUT2D eigenvalue weighted by atomic mass is 10.3. The molecular formula is C19H17N3O4S3. The van der Waals surface area contributed by atoms with Gasteiger partial charge >= 0.3 is 5.97 Å². The smallest absolute Gasteiger partial charge is 0.303 e. The minimum absolute atomic E-state index is 0.202. The van der Waals surface area contributed by atoms with Crippen molar-refractivity contribution in [2.75, 3.05) is 11.9 Å². The molecule has 1 aliphatic rings. The van der Waals surface area contributed by atoms with E-state index < -0.39 is 10.9 Å². The summed E-state index contributed by atoms with van der Waals surface area (Å²) in [5.41, 5.74) is 1.55. The van der Waals surface area contributed by atoms with Crippen molar-refractivity contribution in [3.05, 3.63) is 48.3 Å². The van der Waals surface area contributed by atoms with E-state index in [1.807, 2.05) is 36.5 Å². The Kier molecular flexibility index (Phi) is 6.34. The van der Waals surface area contributed by atoms with Crippen LogP contribution in [0.4, 0.5) is 5.69 Å². The second-order valence-corrected chi connectivity index (χ2v) is 9.62. The van der Waals surface area contributed by atoms with Gasteiger partial charge in [0, 0.05) is 30.8 Å². The first-order chi connectivity index (χ1) is 14.1. The third kappa shape index (κ3) is 5.27. The Balaban J connectivity index is 1.37. The summed E-state index contributed by atoms with van der Waals surface area (Å²) in [6.07, 6.45) is 3.61. The van der Waals surface area contributed by atoms with Gasteiger partial charge in [-0.2, -0.15) is 0 Å². The Labute approximate surface area is 179 Å². The zero-order valence-corrected chi connectivity index (χ0v) is 17.8. The highest BCUT2D eigenvalue weighted by atomic mass is 32.2. The molecule has 0 saturated carbocycles. The molecule has 2 unspecified atom stereocenters. The average molecular weight is 448 g/mol. The van der Waals surface area contributed by atoms with Gasteiger partial charge in [0.1, 0.15) is 0 Å². The summed E-state index contributed by atoms with van der Waals surface area (Å²) in [6, 6.07) is 9.57. The molecule has 1 aromatic carbocycles. The van der Waals surface area contributed by atoms with E-state index in [2.05, 4.69) is 15.3 Å². The van der Waals surface area contributed by atoms with Crippen LogP contribution < -0.4 is 5.32 Å². The highest BCUT2D eigenvalue weighted by molar-refractivity contribution is 8.01. The van der Waals surface area contributed by atoms with Gasteiger partial charge in [-0.1, -0.05) is 29.6 Å². The minimum atomic E-state index is -0.706. The molecule has 1 saturated heterocycles. The van der Waals surface area contributed by atoms with Gasteiger partial charge in [-0.15, -0.1) is 11.3 Å². The highest BCUT2D eigenvalue weighted by Gasteiger charge is 2.33. The van der Waals surface area contributed by atoms with Crippen molar-refractivity contribution in [2.45, 2.75) is 27.9 Å². The van der Waals surface area contributed by atoms with E-state index in [0.717, 1.165) is 25.9 Å². The molecular weight excluding hydrogens is 430 g/mol. The van der Waals surface area contributed by atoms with Crippen molar-refractivity contribution in [3.63, 3.8) is 0 Å². The number of thiazole rings is 1. The van der Waals surface area contributed by atoms with Crippen LogP contribution in [0.25, 0.3) is 10.2 Å². The number of esters is 1. The van der Waals surface area contributed by atoms with Crippen LogP contribution in [-0.4, -0.2) is 39.3 Å². The monoisotopic (exact) mass is 447 g/mol. The van der Waals surface area contributed by atoms with Gasteiger partial charge < -0.3 is 14.8 Å². The first-order valence-electron chi connectivity index (χ1n) is 8.74. The van der Waals surface area contributed by atoms with E-state index in [0.29, 0.717) is 5.69 Å². The van der Waals surface area contributed by atoms with Crippen molar-refractivity contribution in [2.24, 2.45) is 0 Å². The van der Waals surface area contributed by atoms with Gasteiger partial charge in [0.05, 0.1) is 16.8 Å². The molecule has 150 valence electrons. The SMILES string of the molecule is CC(=O)OC1COC(C(=O)Nc2ccc3nc(SCc4cccnc4)sc3c2)S1. The third-order valence-corrected chi connectivity index (χ3v) is 7.26. The van der Waals surface area contributed by atoms with Crippen molar-refractivity contribution < 1.29 is 19.1 Å². The van der Waals surface area contributed by atoms with E-state index in [4.69, 9.17) is 9.47 Å². The van der Waals surface area contributed by atoms with Crippen LogP contribution in [0.3, 0.4) is 0 Å². The number of aromatic nitrogens is 2. The number of ether oxygens (including phenoxy) is 2. The molecule has 0 bridgehead atoms. The molecule has 1 amide bonds. The molecule has 2 aromatic heterocycles. The standard InChI is InChI=1S/C19H17N3O4S3/c1-11(23)26-16-9-25-18(29-16)17(24)21-13-4-5-14-15(7-13)28-19(22-14)27-10-12-3-2-6-20-8-12/h2-8,16,18H,9-10H2,1H3,(H,21,24). The maximum Gasteiger partial charge on any atom is 0.303 e. The largest absolute Gasteiger partial charge is 0.449 e. The van der Waals surface area contributed by atoms with Crippen LogP contribution in [0.2, 0.25) is 0 Å². The number of nitrogens with zero attached hydrogens (tertiary/aromatic N) is 2. The van der Waals surface area contributed by atoms with Gasteiger partial charge in [-0.3, -0.25) is 14.6 Å². The number of anilines is 1. The van der Waals surface area contributed by atoms with Crippen LogP contribution in [0, 0.1) is 0 Å². The van der Waals surface area contributed by atoms with Gasteiger partial charge in [-0.25, -0.2) is 4.98 Å². The number of nitrogens with one attached hydrogen (secondary N) is 1. The maximum atomic E-state index is 12.4. The van der Waals surface area contributed by atoms with Gasteiger partial charge in [0.15, 0.2) is 15.2 Å². The van der Waals surface area contributed by atoms with Gasteiger partial charge in [-0.05, 0) is 29.8 Å². The number of fused-ring (bicyclic) bond motifs is 1. The Morgan fingerprint density at radius 2 is 2.28 bits per heavy atom. The molecule has 4 rings (SSSR count). The van der Waals surface area contributed by atoms with Crippen LogP contribution in [0.1, 0.15) is 12.5 Å². The molecule has 1 fully saturated rings. The molecule has 0 radical (unpaired) electrons. The Bertz CT molecular complexity index is 1030. The average Bonchev–Trinajstić information content (AvgIpc) is 3.33. The van der Waals surface area contributed by atoms with Crippen molar-refractivity contribution in [1.82, 2.24) is 9.97 Å². The first kappa shape index (κ1) is 20.1. The fourth-order valence-corrected chi connectivity index (χ4v) is 5.64. The van der Waals surface area contributed by atoms with Crippen LogP contribution in [0.15, 0.2) is 47.1 Å². The molecule has 3 aromatic rings. The maximum absolute atomic E-state index is 12.4. The van der Waals surface area contributed by atoms with E-state index in [1.54, 1.807) is 29.3 Å². The number of hydrogen-bond donors (Lipinski definition) is 1. The number of thioether (sulfide) groups is 2. The zero-order chi connectivity index (χ0) is 20.2. The van der Waals surface area contributed by atoms with Crippen LogP contribution in [-0.2, 0) is 24.8 Å². The molecule has 29 heavy (non-hydrogen) atoms. The van der Waals surface area contributed by atoms with E-state index >= 15 is 0 Å². The predicted molar refractivity (Wildman–Crippen MR) is 115 cm³/mol. The minimum Gasteiger partial charge on any atom is -0.449 e. The summed E-state index contributed by atoms with van der Waals surface area (Å²) in [6.45, 7) is 1.54. The second kappa shape index (κ2) is 9.12. The topological polar surface area (TPSA) is 90.4 Å². The fourth-order valence-electron chi connectivity index (χ4n) is 2.64. The Morgan fingerprint density at radius 1 is 1.38 bits per heavy atom. The quantitative estimate of drug-likeness (QED) is 0.449. The number of carbonyl (C=O) groups excluding carboxylic acids is 2. The van der Waals surface area contributed by atoms with Crippen LogP contribution >= 0.6 is 34.9 Å². The summed E-state index contributed by atoms with van der Waals surface area (Å²) in [5, 5.41) is 2.86. The summed E-state index contributed by atoms with van der Waals surface area (Å²) in [7, 11) is 0. The molecule has 0 spiro atoms. The summed E-state index contributed by atoms with van der Waals surface area (Å²) in [4.78, 5) is 32.2. The molecule has 1 N–H and O–H groups in total.